The standard InChI is InChI=1S/C18H24N2O2/c1-11-16(8-9-22-11)20-18(21)19-10-15-14-7-6-12-4-2-3-5-13(12)17(14)15/h2-5,11,14-17H,6-10H2,1H3,(H2,19,20,21)/t11-,14+,15+,16-,17+/m0/s1. The third-order valence-corrected chi connectivity index (χ3v) is 5.68. The average Bonchev–Trinajstić information content (AvgIpc) is 3.12. The summed E-state index contributed by atoms with van der Waals surface area (Å²) in [6.45, 7) is 3.55. The lowest BCUT2D eigenvalue weighted by atomic mass is 9.92. The molecule has 0 radical (unpaired) electrons. The Balaban J connectivity index is 1.30. The Kier molecular flexibility index (Phi) is 3.57. The van der Waals surface area contributed by atoms with Crippen molar-refractivity contribution in [1.82, 2.24) is 10.6 Å². The van der Waals surface area contributed by atoms with E-state index in [2.05, 4.69) is 34.9 Å². The van der Waals surface area contributed by atoms with Crippen LogP contribution in [0.3, 0.4) is 0 Å². The van der Waals surface area contributed by atoms with Gasteiger partial charge in [0.1, 0.15) is 0 Å². The summed E-state index contributed by atoms with van der Waals surface area (Å²) in [6.07, 6.45) is 3.50. The average molecular weight is 300 g/mol. The third-order valence-electron chi connectivity index (χ3n) is 5.68. The molecule has 22 heavy (non-hydrogen) atoms. The summed E-state index contributed by atoms with van der Waals surface area (Å²) in [5, 5.41) is 6.11. The van der Waals surface area contributed by atoms with Crippen LogP contribution in [0.1, 0.15) is 36.8 Å². The van der Waals surface area contributed by atoms with Gasteiger partial charge in [-0.3, -0.25) is 0 Å². The van der Waals surface area contributed by atoms with Crippen LogP contribution in [0.25, 0.3) is 0 Å². The van der Waals surface area contributed by atoms with Crippen LogP contribution in [0.15, 0.2) is 24.3 Å². The summed E-state index contributed by atoms with van der Waals surface area (Å²) in [5.74, 6) is 2.05. The largest absolute Gasteiger partial charge is 0.376 e. The molecule has 1 aliphatic heterocycles. The highest BCUT2D eigenvalue weighted by Crippen LogP contribution is 2.59. The van der Waals surface area contributed by atoms with E-state index in [9.17, 15) is 4.79 Å². The van der Waals surface area contributed by atoms with E-state index in [1.54, 1.807) is 0 Å². The first kappa shape index (κ1) is 14.1. The second kappa shape index (κ2) is 5.58. The highest BCUT2D eigenvalue weighted by atomic mass is 16.5. The van der Waals surface area contributed by atoms with E-state index in [1.165, 1.54) is 24.0 Å². The Hall–Kier alpha value is -1.55. The van der Waals surface area contributed by atoms with Gasteiger partial charge in [0.25, 0.3) is 0 Å². The van der Waals surface area contributed by atoms with Crippen LogP contribution in [0.2, 0.25) is 0 Å². The monoisotopic (exact) mass is 300 g/mol. The predicted molar refractivity (Wildman–Crippen MR) is 84.8 cm³/mol. The molecule has 2 N–H and O–H groups in total. The molecule has 1 aromatic carbocycles. The van der Waals surface area contributed by atoms with E-state index in [1.807, 2.05) is 6.92 Å². The Bertz CT molecular complexity index is 574. The zero-order chi connectivity index (χ0) is 15.1. The van der Waals surface area contributed by atoms with Gasteiger partial charge in [0, 0.05) is 13.2 Å². The number of aryl methyl sites for hydroxylation is 1. The van der Waals surface area contributed by atoms with Crippen LogP contribution < -0.4 is 10.6 Å². The fraction of sp³-hybridized carbons (Fsp3) is 0.611. The summed E-state index contributed by atoms with van der Waals surface area (Å²) in [6, 6.07) is 8.90. The van der Waals surface area contributed by atoms with Gasteiger partial charge in [-0.25, -0.2) is 4.79 Å². The molecule has 1 aromatic rings. The second-order valence-electron chi connectivity index (χ2n) is 6.92. The molecule has 0 aromatic heterocycles. The van der Waals surface area contributed by atoms with E-state index in [0.717, 1.165) is 25.5 Å². The van der Waals surface area contributed by atoms with Crippen LogP contribution in [0, 0.1) is 11.8 Å². The van der Waals surface area contributed by atoms with Crippen LogP contribution in [-0.2, 0) is 11.2 Å². The van der Waals surface area contributed by atoms with Gasteiger partial charge < -0.3 is 15.4 Å². The normalized spacial score (nSPS) is 35.4. The van der Waals surface area contributed by atoms with Gasteiger partial charge in [0.05, 0.1) is 12.1 Å². The van der Waals surface area contributed by atoms with Crippen molar-refractivity contribution in [3.63, 3.8) is 0 Å². The van der Waals surface area contributed by atoms with Crippen molar-refractivity contribution < 1.29 is 9.53 Å². The van der Waals surface area contributed by atoms with Crippen LogP contribution in [-0.4, -0.2) is 31.3 Å². The number of carbonyl (C=O) groups is 1. The first-order chi connectivity index (χ1) is 10.7. The van der Waals surface area contributed by atoms with Gasteiger partial charge in [-0.1, -0.05) is 24.3 Å². The van der Waals surface area contributed by atoms with E-state index in [4.69, 9.17) is 4.74 Å². The minimum atomic E-state index is -0.0423. The zero-order valence-corrected chi connectivity index (χ0v) is 13.0. The Labute approximate surface area is 131 Å². The van der Waals surface area contributed by atoms with Crippen molar-refractivity contribution in [2.75, 3.05) is 13.2 Å². The SMILES string of the molecule is C[C@@H]1OCC[C@@H]1NC(=O)NC[C@@H]1[C@H]2CCc3ccccc3[C@H]21. The van der Waals surface area contributed by atoms with E-state index >= 15 is 0 Å². The topological polar surface area (TPSA) is 50.4 Å². The number of hydrogen-bond donors (Lipinski definition) is 2. The molecule has 1 heterocycles. The molecule has 0 bridgehead atoms. The molecule has 118 valence electrons. The van der Waals surface area contributed by atoms with Crippen molar-refractivity contribution >= 4 is 6.03 Å². The lowest BCUT2D eigenvalue weighted by molar-refractivity contribution is 0.114. The summed E-state index contributed by atoms with van der Waals surface area (Å²) < 4.78 is 5.48. The lowest BCUT2D eigenvalue weighted by Crippen LogP contribution is -2.45. The van der Waals surface area contributed by atoms with Crippen molar-refractivity contribution in [1.29, 1.82) is 0 Å². The molecule has 4 heteroatoms. The van der Waals surface area contributed by atoms with Gasteiger partial charge >= 0.3 is 6.03 Å². The number of urea groups is 1. The smallest absolute Gasteiger partial charge is 0.315 e. The summed E-state index contributed by atoms with van der Waals surface area (Å²) in [4.78, 5) is 12.1. The van der Waals surface area contributed by atoms with Crippen LogP contribution in [0.4, 0.5) is 4.79 Å². The molecule has 4 nitrogen and oxygen atoms in total. The van der Waals surface area contributed by atoms with Crippen LogP contribution in [0.5, 0.6) is 0 Å². The summed E-state index contributed by atoms with van der Waals surface area (Å²) >= 11 is 0. The van der Waals surface area contributed by atoms with Crippen molar-refractivity contribution in [2.45, 2.75) is 44.2 Å². The molecular formula is C18H24N2O2. The molecule has 1 saturated carbocycles. The van der Waals surface area contributed by atoms with E-state index in [-0.39, 0.29) is 18.2 Å². The Morgan fingerprint density at radius 1 is 1.32 bits per heavy atom. The maximum Gasteiger partial charge on any atom is 0.315 e. The molecule has 0 spiro atoms. The summed E-state index contributed by atoms with van der Waals surface area (Å²) in [7, 11) is 0. The van der Waals surface area contributed by atoms with Crippen molar-refractivity contribution in [2.24, 2.45) is 11.8 Å². The van der Waals surface area contributed by atoms with E-state index in [0.29, 0.717) is 11.8 Å². The molecule has 3 aliphatic rings. The fourth-order valence-electron chi connectivity index (χ4n) is 4.34. The van der Waals surface area contributed by atoms with Gasteiger partial charge in [-0.05, 0) is 55.1 Å². The molecular weight excluding hydrogens is 276 g/mol. The lowest BCUT2D eigenvalue weighted by Gasteiger charge is -2.16. The Morgan fingerprint density at radius 3 is 3.00 bits per heavy atom. The highest BCUT2D eigenvalue weighted by Gasteiger charge is 2.52. The van der Waals surface area contributed by atoms with Gasteiger partial charge in [0.2, 0.25) is 0 Å². The molecule has 2 amide bonds. The number of hydrogen-bond acceptors (Lipinski definition) is 2. The molecule has 1 saturated heterocycles. The van der Waals surface area contributed by atoms with Crippen molar-refractivity contribution in [3.8, 4) is 0 Å². The number of fused-ring (bicyclic) bond motifs is 3. The predicted octanol–water partition coefficient (Wildman–Crippen LogP) is 2.44. The number of ether oxygens (including phenoxy) is 1. The highest BCUT2D eigenvalue weighted by molar-refractivity contribution is 5.74. The van der Waals surface area contributed by atoms with Crippen molar-refractivity contribution in [3.05, 3.63) is 35.4 Å². The minimum absolute atomic E-state index is 0.0423. The fourth-order valence-corrected chi connectivity index (χ4v) is 4.34. The quantitative estimate of drug-likeness (QED) is 0.901. The molecule has 2 fully saturated rings. The Morgan fingerprint density at radius 2 is 2.18 bits per heavy atom. The number of rotatable bonds is 3. The molecule has 0 unspecified atom stereocenters. The van der Waals surface area contributed by atoms with Crippen LogP contribution >= 0.6 is 0 Å². The first-order valence-electron chi connectivity index (χ1n) is 8.48. The molecule has 5 atom stereocenters. The summed E-state index contributed by atoms with van der Waals surface area (Å²) in [5.41, 5.74) is 3.02. The molecule has 2 aliphatic carbocycles. The maximum atomic E-state index is 12.1. The number of nitrogens with one attached hydrogen (secondary N) is 2. The first-order valence-corrected chi connectivity index (χ1v) is 8.48. The maximum absolute atomic E-state index is 12.1. The van der Waals surface area contributed by atoms with Gasteiger partial charge in [0.15, 0.2) is 0 Å². The third kappa shape index (κ3) is 2.50. The molecule has 4 rings (SSSR count). The second-order valence-corrected chi connectivity index (χ2v) is 6.92. The van der Waals surface area contributed by atoms with Gasteiger partial charge in [-0.2, -0.15) is 0 Å². The number of amides is 2. The number of benzene rings is 1. The zero-order valence-electron chi connectivity index (χ0n) is 13.0. The number of carbonyl (C=O) groups excluding carboxylic acids is 1. The minimum Gasteiger partial charge on any atom is -0.376 e. The van der Waals surface area contributed by atoms with E-state index < -0.39 is 0 Å². The van der Waals surface area contributed by atoms with Gasteiger partial charge in [-0.15, -0.1) is 0 Å².